The molecule has 138 valence electrons. The van der Waals surface area contributed by atoms with Crippen LogP contribution in [0.3, 0.4) is 0 Å². The molecule has 2 rings (SSSR count). The number of aromatic nitrogens is 1. The van der Waals surface area contributed by atoms with E-state index in [0.717, 1.165) is 0 Å². The summed E-state index contributed by atoms with van der Waals surface area (Å²) in [7, 11) is 0. The van der Waals surface area contributed by atoms with E-state index in [9.17, 15) is 19.6 Å². The molecule has 0 amide bonds. The molecule has 0 bridgehead atoms. The first-order valence-electron chi connectivity index (χ1n) is 8.31. The van der Waals surface area contributed by atoms with Gasteiger partial charge in [-0.15, -0.1) is 0 Å². The summed E-state index contributed by atoms with van der Waals surface area (Å²) in [6.45, 7) is 4.64. The molecule has 1 aromatic heterocycles. The van der Waals surface area contributed by atoms with Gasteiger partial charge in [-0.2, -0.15) is 5.26 Å². The van der Waals surface area contributed by atoms with Crippen LogP contribution in [-0.2, 0) is 28.6 Å². The van der Waals surface area contributed by atoms with Gasteiger partial charge in [-0.3, -0.25) is 19.4 Å². The maximum Gasteiger partial charge on any atom is 0.329 e. The van der Waals surface area contributed by atoms with Crippen LogP contribution in [0.4, 0.5) is 0 Å². The largest absolute Gasteiger partial charge is 0.465 e. The van der Waals surface area contributed by atoms with Gasteiger partial charge < -0.3 is 14.2 Å². The lowest BCUT2D eigenvalue weighted by atomic mass is 9.93. The van der Waals surface area contributed by atoms with Gasteiger partial charge in [0, 0.05) is 18.3 Å². The fourth-order valence-corrected chi connectivity index (χ4v) is 3.37. The van der Waals surface area contributed by atoms with Gasteiger partial charge in [0.15, 0.2) is 5.41 Å². The molecule has 8 heteroatoms. The SMILES string of the molecule is CCOC(=O)C1(C(=O)OCC)[C@@H](c2cccnc2)[C@]1(C#N)C(=O)OCC. The third-order valence-electron chi connectivity index (χ3n) is 4.39. The molecule has 0 N–H and O–H groups in total. The first-order valence-corrected chi connectivity index (χ1v) is 8.31. The molecule has 2 atom stereocenters. The standard InChI is InChI=1S/C18H20N2O6/c1-4-24-14(21)17(11-19)13(12-8-7-9-20-10-12)18(17,15(22)25-5-2)16(23)26-6-3/h7-10,13H,4-6H2,1-3H3/t13-,17+/m0/s1. The van der Waals surface area contributed by atoms with Crippen molar-refractivity contribution in [1.29, 1.82) is 5.26 Å². The van der Waals surface area contributed by atoms with Crippen molar-refractivity contribution in [1.82, 2.24) is 4.98 Å². The number of nitriles is 1. The van der Waals surface area contributed by atoms with Crippen LogP contribution in [0.15, 0.2) is 24.5 Å². The second-order valence-electron chi connectivity index (χ2n) is 5.61. The molecule has 1 fully saturated rings. The van der Waals surface area contributed by atoms with Crippen LogP contribution in [-0.4, -0.2) is 42.7 Å². The molecule has 1 aromatic rings. The summed E-state index contributed by atoms with van der Waals surface area (Å²) in [5.41, 5.74) is -3.81. The highest BCUT2D eigenvalue weighted by Crippen LogP contribution is 2.75. The summed E-state index contributed by atoms with van der Waals surface area (Å²) in [4.78, 5) is 42.3. The number of hydrogen-bond donors (Lipinski definition) is 0. The van der Waals surface area contributed by atoms with E-state index in [-0.39, 0.29) is 19.8 Å². The highest BCUT2D eigenvalue weighted by atomic mass is 16.6. The molecule has 0 spiro atoms. The maximum absolute atomic E-state index is 12.8. The molecule has 0 radical (unpaired) electrons. The van der Waals surface area contributed by atoms with Crippen molar-refractivity contribution in [2.75, 3.05) is 19.8 Å². The molecule has 1 saturated carbocycles. The van der Waals surface area contributed by atoms with Crippen molar-refractivity contribution in [2.24, 2.45) is 10.8 Å². The van der Waals surface area contributed by atoms with Gasteiger partial charge >= 0.3 is 17.9 Å². The number of ether oxygens (including phenoxy) is 3. The molecular formula is C18H20N2O6. The number of pyridine rings is 1. The van der Waals surface area contributed by atoms with Gasteiger partial charge in [0.1, 0.15) is 0 Å². The minimum atomic E-state index is -2.12. The predicted octanol–water partition coefficient (Wildman–Crippen LogP) is 1.36. The molecular weight excluding hydrogens is 340 g/mol. The minimum absolute atomic E-state index is 0.0102. The Morgan fingerprint density at radius 1 is 1.08 bits per heavy atom. The van der Waals surface area contributed by atoms with Crippen molar-refractivity contribution in [3.8, 4) is 6.07 Å². The average molecular weight is 360 g/mol. The Bertz CT molecular complexity index is 724. The second kappa shape index (κ2) is 7.52. The molecule has 0 aromatic carbocycles. The van der Waals surface area contributed by atoms with Crippen LogP contribution < -0.4 is 0 Å². The smallest absolute Gasteiger partial charge is 0.329 e. The number of nitrogens with zero attached hydrogens (tertiary/aromatic N) is 2. The van der Waals surface area contributed by atoms with E-state index in [1.807, 2.05) is 6.07 Å². The third-order valence-corrected chi connectivity index (χ3v) is 4.39. The van der Waals surface area contributed by atoms with Crippen molar-refractivity contribution >= 4 is 17.9 Å². The highest BCUT2D eigenvalue weighted by Gasteiger charge is 2.92. The zero-order valence-corrected chi connectivity index (χ0v) is 14.9. The molecule has 1 aliphatic carbocycles. The van der Waals surface area contributed by atoms with E-state index in [1.54, 1.807) is 32.9 Å². The van der Waals surface area contributed by atoms with Crippen LogP contribution in [0.1, 0.15) is 32.3 Å². The Kier molecular flexibility index (Phi) is 5.60. The van der Waals surface area contributed by atoms with Gasteiger partial charge in [-0.1, -0.05) is 6.07 Å². The molecule has 8 nitrogen and oxygen atoms in total. The lowest BCUT2D eigenvalue weighted by Gasteiger charge is -2.17. The topological polar surface area (TPSA) is 116 Å². The number of esters is 3. The Labute approximate surface area is 151 Å². The summed E-state index contributed by atoms with van der Waals surface area (Å²) in [6, 6.07) is 5.02. The first kappa shape index (κ1) is 19.4. The normalized spacial score (nSPS) is 22.6. The first-order chi connectivity index (χ1) is 12.5. The van der Waals surface area contributed by atoms with Crippen LogP contribution >= 0.6 is 0 Å². The number of rotatable bonds is 7. The fourth-order valence-electron chi connectivity index (χ4n) is 3.37. The summed E-state index contributed by atoms with van der Waals surface area (Å²) < 4.78 is 15.1. The minimum Gasteiger partial charge on any atom is -0.465 e. The van der Waals surface area contributed by atoms with E-state index in [4.69, 9.17) is 14.2 Å². The lowest BCUT2D eigenvalue weighted by Crippen LogP contribution is -2.39. The Morgan fingerprint density at radius 3 is 2.04 bits per heavy atom. The van der Waals surface area contributed by atoms with Crippen molar-refractivity contribution in [3.63, 3.8) is 0 Å². The number of hydrogen-bond acceptors (Lipinski definition) is 8. The Balaban J connectivity index is 2.71. The summed E-state index contributed by atoms with van der Waals surface area (Å²) >= 11 is 0. The van der Waals surface area contributed by atoms with Crippen LogP contribution in [0.5, 0.6) is 0 Å². The van der Waals surface area contributed by atoms with E-state index >= 15 is 0 Å². The van der Waals surface area contributed by atoms with E-state index in [2.05, 4.69) is 4.98 Å². The monoisotopic (exact) mass is 360 g/mol. The predicted molar refractivity (Wildman–Crippen MR) is 87.4 cm³/mol. The summed E-state index contributed by atoms with van der Waals surface area (Å²) in [5, 5.41) is 9.87. The van der Waals surface area contributed by atoms with Crippen LogP contribution in [0, 0.1) is 22.2 Å². The van der Waals surface area contributed by atoms with Gasteiger partial charge in [0.2, 0.25) is 5.41 Å². The molecule has 0 unspecified atom stereocenters. The van der Waals surface area contributed by atoms with E-state index < -0.39 is 34.7 Å². The fraction of sp³-hybridized carbons (Fsp3) is 0.500. The number of carbonyl (C=O) groups excluding carboxylic acids is 3. The molecule has 26 heavy (non-hydrogen) atoms. The summed E-state index contributed by atoms with van der Waals surface area (Å²) in [6.07, 6.45) is 2.90. The van der Waals surface area contributed by atoms with Gasteiger partial charge in [-0.25, -0.2) is 0 Å². The second-order valence-corrected chi connectivity index (χ2v) is 5.61. The molecule has 1 aliphatic rings. The van der Waals surface area contributed by atoms with Crippen LogP contribution in [0.25, 0.3) is 0 Å². The quantitative estimate of drug-likeness (QED) is 0.407. The van der Waals surface area contributed by atoms with Gasteiger partial charge in [-0.05, 0) is 32.4 Å². The molecule has 0 aliphatic heterocycles. The lowest BCUT2D eigenvalue weighted by molar-refractivity contribution is -0.170. The Hall–Kier alpha value is -2.95. The zero-order valence-electron chi connectivity index (χ0n) is 14.9. The average Bonchev–Trinajstić information content (AvgIpc) is 3.29. The molecule has 0 saturated heterocycles. The van der Waals surface area contributed by atoms with Crippen molar-refractivity contribution in [2.45, 2.75) is 26.7 Å². The zero-order chi connectivity index (χ0) is 19.4. The van der Waals surface area contributed by atoms with Gasteiger partial charge in [0.05, 0.1) is 25.9 Å². The van der Waals surface area contributed by atoms with Crippen molar-refractivity contribution in [3.05, 3.63) is 30.1 Å². The maximum atomic E-state index is 12.8. The van der Waals surface area contributed by atoms with Gasteiger partial charge in [0.25, 0.3) is 0 Å². The van der Waals surface area contributed by atoms with E-state index in [1.165, 1.54) is 12.4 Å². The number of carbonyl (C=O) groups is 3. The summed E-state index contributed by atoms with van der Waals surface area (Å²) in [5.74, 6) is -4.04. The van der Waals surface area contributed by atoms with E-state index in [0.29, 0.717) is 5.56 Å². The van der Waals surface area contributed by atoms with Crippen LogP contribution in [0.2, 0.25) is 0 Å². The Morgan fingerprint density at radius 2 is 1.62 bits per heavy atom. The molecule has 1 heterocycles. The van der Waals surface area contributed by atoms with Crippen molar-refractivity contribution < 1.29 is 28.6 Å². The third kappa shape index (κ3) is 2.51. The highest BCUT2D eigenvalue weighted by molar-refractivity contribution is 6.15.